The Morgan fingerprint density at radius 1 is 0.920 bits per heavy atom. The van der Waals surface area contributed by atoms with Crippen molar-refractivity contribution < 1.29 is 4.79 Å². The fraction of sp³-hybridized carbons (Fsp3) is 0.350. The smallest absolute Gasteiger partial charge is 0.234 e. The molecule has 0 unspecified atom stereocenters. The van der Waals surface area contributed by atoms with E-state index in [1.165, 1.54) is 5.56 Å². The van der Waals surface area contributed by atoms with E-state index in [1.54, 1.807) is 0 Å². The van der Waals surface area contributed by atoms with Gasteiger partial charge in [-0.1, -0.05) is 64.5 Å². The van der Waals surface area contributed by atoms with E-state index in [0.717, 1.165) is 42.8 Å². The molecule has 0 saturated carbocycles. The molecule has 0 aromatic heterocycles. The summed E-state index contributed by atoms with van der Waals surface area (Å²) in [5.74, 6) is 0.100. The van der Waals surface area contributed by atoms with Gasteiger partial charge in [0.2, 0.25) is 5.91 Å². The third-order valence-electron chi connectivity index (χ3n) is 4.52. The first-order valence-electron chi connectivity index (χ1n) is 8.69. The summed E-state index contributed by atoms with van der Waals surface area (Å²) >= 11 is 3.61. The van der Waals surface area contributed by atoms with Crippen molar-refractivity contribution in [3.05, 3.63) is 70.2 Å². The summed E-state index contributed by atoms with van der Waals surface area (Å²) in [6, 6.07) is 18.4. The molecule has 0 aliphatic carbocycles. The Hall–Kier alpha value is -1.69. The average molecular weight is 402 g/mol. The lowest BCUT2D eigenvalue weighted by atomic mass is 10.2. The monoisotopic (exact) mass is 401 g/mol. The van der Waals surface area contributed by atoms with Crippen LogP contribution in [0.25, 0.3) is 0 Å². The molecule has 0 atom stereocenters. The summed E-state index contributed by atoms with van der Waals surface area (Å²) < 4.78 is 1.16. The van der Waals surface area contributed by atoms with Gasteiger partial charge in [-0.05, 0) is 17.2 Å². The molecule has 5 heteroatoms. The molecule has 1 amide bonds. The van der Waals surface area contributed by atoms with Crippen LogP contribution in [0.4, 0.5) is 0 Å². The molecule has 1 heterocycles. The lowest BCUT2D eigenvalue weighted by Gasteiger charge is -2.34. The van der Waals surface area contributed by atoms with Gasteiger partial charge in [-0.2, -0.15) is 0 Å². The van der Waals surface area contributed by atoms with Crippen LogP contribution >= 0.6 is 15.9 Å². The van der Waals surface area contributed by atoms with Crippen LogP contribution in [-0.2, 0) is 17.9 Å². The average Bonchev–Trinajstić information content (AvgIpc) is 2.64. The second kappa shape index (κ2) is 9.13. The number of piperazine rings is 1. The molecular formula is C20H24BrN3O. The van der Waals surface area contributed by atoms with Gasteiger partial charge in [0.25, 0.3) is 0 Å². The first-order valence-corrected chi connectivity index (χ1v) is 9.49. The molecule has 2 aromatic carbocycles. The van der Waals surface area contributed by atoms with Crippen LogP contribution in [0, 0.1) is 0 Å². The normalized spacial score (nSPS) is 15.9. The maximum Gasteiger partial charge on any atom is 0.234 e. The highest BCUT2D eigenvalue weighted by atomic mass is 79.9. The number of amides is 1. The van der Waals surface area contributed by atoms with E-state index in [2.05, 4.69) is 49.2 Å². The van der Waals surface area contributed by atoms with Gasteiger partial charge in [-0.15, -0.1) is 0 Å². The van der Waals surface area contributed by atoms with Crippen molar-refractivity contribution in [2.75, 3.05) is 32.7 Å². The van der Waals surface area contributed by atoms with E-state index in [4.69, 9.17) is 0 Å². The third-order valence-corrected chi connectivity index (χ3v) is 5.29. The number of carbonyl (C=O) groups excluding carboxylic acids is 1. The molecule has 1 fully saturated rings. The molecule has 0 spiro atoms. The predicted molar refractivity (Wildman–Crippen MR) is 104 cm³/mol. The molecule has 1 aliphatic heterocycles. The Balaban J connectivity index is 1.39. The van der Waals surface area contributed by atoms with Crippen molar-refractivity contribution in [3.8, 4) is 0 Å². The molecule has 0 radical (unpaired) electrons. The van der Waals surface area contributed by atoms with Crippen LogP contribution in [0.2, 0.25) is 0 Å². The Bertz CT molecular complexity index is 684. The minimum atomic E-state index is 0.100. The van der Waals surface area contributed by atoms with Crippen LogP contribution in [0.5, 0.6) is 0 Å². The summed E-state index contributed by atoms with van der Waals surface area (Å²) in [5.41, 5.74) is 2.45. The fourth-order valence-corrected chi connectivity index (χ4v) is 3.44. The van der Waals surface area contributed by atoms with Crippen LogP contribution in [0.1, 0.15) is 11.1 Å². The van der Waals surface area contributed by atoms with Gasteiger partial charge in [0.15, 0.2) is 0 Å². The molecular weight excluding hydrogens is 378 g/mol. The number of rotatable bonds is 6. The van der Waals surface area contributed by atoms with Crippen LogP contribution in [0.15, 0.2) is 59.1 Å². The van der Waals surface area contributed by atoms with Crippen molar-refractivity contribution in [1.82, 2.24) is 15.1 Å². The minimum absolute atomic E-state index is 0.100. The van der Waals surface area contributed by atoms with Gasteiger partial charge in [-0.3, -0.25) is 14.6 Å². The molecule has 1 saturated heterocycles. The van der Waals surface area contributed by atoms with Crippen LogP contribution in [-0.4, -0.2) is 48.4 Å². The first kappa shape index (κ1) is 18.1. The molecule has 2 aromatic rings. The number of hydrogen-bond acceptors (Lipinski definition) is 3. The molecule has 132 valence electrons. The van der Waals surface area contributed by atoms with Crippen LogP contribution < -0.4 is 5.32 Å². The van der Waals surface area contributed by atoms with Crippen molar-refractivity contribution in [2.45, 2.75) is 13.1 Å². The fourth-order valence-electron chi connectivity index (χ4n) is 3.03. The molecule has 3 rings (SSSR count). The van der Waals surface area contributed by atoms with Crippen molar-refractivity contribution in [3.63, 3.8) is 0 Å². The third kappa shape index (κ3) is 5.66. The Morgan fingerprint density at radius 3 is 2.28 bits per heavy atom. The van der Waals surface area contributed by atoms with Crippen molar-refractivity contribution >= 4 is 21.8 Å². The van der Waals surface area contributed by atoms with Gasteiger partial charge < -0.3 is 5.32 Å². The SMILES string of the molecule is O=C(CN1CCN(Cc2ccccc2Br)CC1)NCc1ccccc1. The molecule has 25 heavy (non-hydrogen) atoms. The van der Waals surface area contributed by atoms with Crippen LogP contribution in [0.3, 0.4) is 0 Å². The topological polar surface area (TPSA) is 35.6 Å². The number of carbonyl (C=O) groups is 1. The van der Waals surface area contributed by atoms with Gasteiger partial charge in [0.05, 0.1) is 6.54 Å². The Morgan fingerprint density at radius 2 is 1.56 bits per heavy atom. The van der Waals surface area contributed by atoms with E-state index in [1.807, 2.05) is 36.4 Å². The van der Waals surface area contributed by atoms with Gasteiger partial charge in [0.1, 0.15) is 0 Å². The Labute approximate surface area is 158 Å². The van der Waals surface area contributed by atoms with Gasteiger partial charge in [-0.25, -0.2) is 0 Å². The van der Waals surface area contributed by atoms with Crippen molar-refractivity contribution in [1.29, 1.82) is 0 Å². The number of halogens is 1. The zero-order valence-corrected chi connectivity index (χ0v) is 15.9. The summed E-state index contributed by atoms with van der Waals surface area (Å²) in [5, 5.41) is 3.00. The van der Waals surface area contributed by atoms with E-state index < -0.39 is 0 Å². The highest BCUT2D eigenvalue weighted by Gasteiger charge is 2.19. The Kier molecular flexibility index (Phi) is 6.62. The number of nitrogens with zero attached hydrogens (tertiary/aromatic N) is 2. The largest absolute Gasteiger partial charge is 0.351 e. The maximum absolute atomic E-state index is 12.1. The van der Waals surface area contributed by atoms with E-state index in [-0.39, 0.29) is 5.91 Å². The predicted octanol–water partition coefficient (Wildman–Crippen LogP) is 2.88. The standard InChI is InChI=1S/C20H24BrN3O/c21-19-9-5-4-8-18(19)15-23-10-12-24(13-11-23)16-20(25)22-14-17-6-2-1-3-7-17/h1-9H,10-16H2,(H,22,25). The highest BCUT2D eigenvalue weighted by Crippen LogP contribution is 2.18. The first-order chi connectivity index (χ1) is 12.2. The minimum Gasteiger partial charge on any atom is -0.351 e. The maximum atomic E-state index is 12.1. The van der Waals surface area contributed by atoms with Crippen molar-refractivity contribution in [2.24, 2.45) is 0 Å². The molecule has 4 nitrogen and oxygen atoms in total. The lowest BCUT2D eigenvalue weighted by Crippen LogP contribution is -2.49. The second-order valence-corrected chi connectivity index (χ2v) is 7.26. The van der Waals surface area contributed by atoms with Gasteiger partial charge in [0, 0.05) is 43.7 Å². The molecule has 1 aliphatic rings. The van der Waals surface area contributed by atoms with E-state index in [9.17, 15) is 4.79 Å². The summed E-state index contributed by atoms with van der Waals surface area (Å²) in [4.78, 5) is 16.8. The van der Waals surface area contributed by atoms with E-state index in [0.29, 0.717) is 13.1 Å². The zero-order chi connectivity index (χ0) is 17.5. The summed E-state index contributed by atoms with van der Waals surface area (Å²) in [6.45, 7) is 5.89. The number of hydrogen-bond donors (Lipinski definition) is 1. The zero-order valence-electron chi connectivity index (χ0n) is 14.3. The van der Waals surface area contributed by atoms with Gasteiger partial charge >= 0.3 is 0 Å². The molecule has 0 bridgehead atoms. The summed E-state index contributed by atoms with van der Waals surface area (Å²) in [6.07, 6.45) is 0. The van der Waals surface area contributed by atoms with E-state index >= 15 is 0 Å². The second-order valence-electron chi connectivity index (χ2n) is 6.41. The lowest BCUT2D eigenvalue weighted by molar-refractivity contribution is -0.122. The quantitative estimate of drug-likeness (QED) is 0.807. The molecule has 1 N–H and O–H groups in total. The highest BCUT2D eigenvalue weighted by molar-refractivity contribution is 9.10. The number of benzene rings is 2. The number of nitrogens with one attached hydrogen (secondary N) is 1. The summed E-state index contributed by atoms with van der Waals surface area (Å²) in [7, 11) is 0.